The number of benzene rings is 1. The van der Waals surface area contributed by atoms with Gasteiger partial charge in [0, 0.05) is 17.3 Å². The molecule has 1 aliphatic heterocycles. The summed E-state index contributed by atoms with van der Waals surface area (Å²) in [7, 11) is -3.17. The third kappa shape index (κ3) is 1.15. The number of nitrogens with two attached hydrogens (primary N) is 1. The first-order valence-corrected chi connectivity index (χ1v) is 6.64. The molecule has 4 nitrogen and oxygen atoms in total. The number of nitrogens with zero attached hydrogens (tertiary/aromatic N) is 1. The standard InChI is InChI=1S/C11H10N2O2S/c12-8-3-5-13-9-2-1-7-4-6-16(14,15)11(7)10(8)9/h1-3,5H,4,6H2,(H2,12,13). The van der Waals surface area contributed by atoms with Gasteiger partial charge in [0.1, 0.15) is 0 Å². The fourth-order valence-electron chi connectivity index (χ4n) is 2.18. The number of hydrogen-bond acceptors (Lipinski definition) is 4. The van der Waals surface area contributed by atoms with Crippen molar-refractivity contribution in [2.24, 2.45) is 0 Å². The van der Waals surface area contributed by atoms with Gasteiger partial charge in [-0.1, -0.05) is 6.07 Å². The second-order valence-electron chi connectivity index (χ2n) is 3.92. The van der Waals surface area contributed by atoms with Gasteiger partial charge in [-0.3, -0.25) is 4.98 Å². The average Bonchev–Trinajstić information content (AvgIpc) is 2.55. The van der Waals surface area contributed by atoms with Gasteiger partial charge in [0.2, 0.25) is 0 Å². The molecule has 2 N–H and O–H groups in total. The van der Waals surface area contributed by atoms with Crippen LogP contribution in [0.15, 0.2) is 29.3 Å². The molecule has 0 aliphatic carbocycles. The Morgan fingerprint density at radius 3 is 2.88 bits per heavy atom. The van der Waals surface area contributed by atoms with E-state index in [-0.39, 0.29) is 5.75 Å². The SMILES string of the molecule is Nc1ccnc2ccc3c(c12)S(=O)(=O)CC3. The molecule has 0 radical (unpaired) electrons. The monoisotopic (exact) mass is 234 g/mol. The van der Waals surface area contributed by atoms with Crippen LogP contribution >= 0.6 is 0 Å². The number of fused-ring (bicyclic) bond motifs is 3. The molecule has 5 heteroatoms. The Bertz CT molecular complexity index is 692. The zero-order chi connectivity index (χ0) is 11.3. The normalized spacial score (nSPS) is 17.5. The molecule has 0 saturated carbocycles. The Morgan fingerprint density at radius 2 is 2.06 bits per heavy atom. The molecule has 1 aromatic heterocycles. The first-order valence-electron chi connectivity index (χ1n) is 4.98. The summed E-state index contributed by atoms with van der Waals surface area (Å²) in [6.07, 6.45) is 2.16. The van der Waals surface area contributed by atoms with E-state index in [1.807, 2.05) is 12.1 Å². The molecule has 3 rings (SSSR count). The molecule has 0 atom stereocenters. The number of nitrogen functional groups attached to an aromatic ring is 1. The predicted octanol–water partition coefficient (Wildman–Crippen LogP) is 1.15. The van der Waals surface area contributed by atoms with Crippen LogP contribution in [0.5, 0.6) is 0 Å². The summed E-state index contributed by atoms with van der Waals surface area (Å²) in [5.41, 5.74) is 7.82. The van der Waals surface area contributed by atoms with Gasteiger partial charge in [-0.15, -0.1) is 0 Å². The lowest BCUT2D eigenvalue weighted by Gasteiger charge is -2.06. The zero-order valence-corrected chi connectivity index (χ0v) is 9.29. The van der Waals surface area contributed by atoms with E-state index in [1.165, 1.54) is 0 Å². The number of hydrogen-bond donors (Lipinski definition) is 1. The van der Waals surface area contributed by atoms with Crippen molar-refractivity contribution in [3.8, 4) is 0 Å². The van der Waals surface area contributed by atoms with Crippen molar-refractivity contribution < 1.29 is 8.42 Å². The maximum absolute atomic E-state index is 11.9. The maximum Gasteiger partial charge on any atom is 0.179 e. The van der Waals surface area contributed by atoms with E-state index in [0.29, 0.717) is 27.9 Å². The first-order chi connectivity index (χ1) is 7.59. The van der Waals surface area contributed by atoms with Gasteiger partial charge in [0.05, 0.1) is 16.2 Å². The summed E-state index contributed by atoms with van der Waals surface area (Å²) in [5, 5.41) is 0.581. The van der Waals surface area contributed by atoms with Gasteiger partial charge in [0.25, 0.3) is 0 Å². The minimum Gasteiger partial charge on any atom is -0.398 e. The van der Waals surface area contributed by atoms with E-state index in [2.05, 4.69) is 4.98 Å². The molecule has 2 aromatic rings. The highest BCUT2D eigenvalue weighted by Gasteiger charge is 2.29. The molecule has 16 heavy (non-hydrogen) atoms. The van der Waals surface area contributed by atoms with Gasteiger partial charge < -0.3 is 5.73 Å². The lowest BCUT2D eigenvalue weighted by Crippen LogP contribution is -2.01. The molecule has 1 aromatic carbocycles. The van der Waals surface area contributed by atoms with E-state index in [1.54, 1.807) is 12.3 Å². The lowest BCUT2D eigenvalue weighted by atomic mass is 10.1. The van der Waals surface area contributed by atoms with Crippen LogP contribution in [0, 0.1) is 0 Å². The molecule has 1 aliphatic rings. The van der Waals surface area contributed by atoms with Crippen molar-refractivity contribution in [3.05, 3.63) is 30.0 Å². The lowest BCUT2D eigenvalue weighted by molar-refractivity contribution is 0.600. The second kappa shape index (κ2) is 2.95. The molecule has 0 spiro atoms. The van der Waals surface area contributed by atoms with Crippen LogP contribution in [0.25, 0.3) is 10.9 Å². The van der Waals surface area contributed by atoms with Crippen LogP contribution < -0.4 is 5.73 Å². The van der Waals surface area contributed by atoms with Crippen LogP contribution in [-0.4, -0.2) is 19.2 Å². The highest BCUT2D eigenvalue weighted by molar-refractivity contribution is 7.92. The highest BCUT2D eigenvalue weighted by atomic mass is 32.2. The molecular formula is C11H10N2O2S. The molecule has 82 valence electrons. The molecule has 0 bridgehead atoms. The predicted molar refractivity (Wildman–Crippen MR) is 61.9 cm³/mol. The van der Waals surface area contributed by atoms with Crippen LogP contribution in [0.2, 0.25) is 0 Å². The number of aryl methyl sites for hydroxylation is 1. The molecular weight excluding hydrogens is 224 g/mol. The number of sulfone groups is 1. The van der Waals surface area contributed by atoms with Gasteiger partial charge >= 0.3 is 0 Å². The quantitative estimate of drug-likeness (QED) is 0.742. The van der Waals surface area contributed by atoms with Crippen molar-refractivity contribution >= 4 is 26.4 Å². The largest absolute Gasteiger partial charge is 0.398 e. The summed E-state index contributed by atoms with van der Waals surface area (Å²) < 4.78 is 23.9. The zero-order valence-electron chi connectivity index (χ0n) is 8.47. The van der Waals surface area contributed by atoms with E-state index < -0.39 is 9.84 Å². The summed E-state index contributed by atoms with van der Waals surface area (Å²) in [4.78, 5) is 4.53. The third-order valence-corrected chi connectivity index (χ3v) is 4.75. The Hall–Kier alpha value is -1.62. The fourth-order valence-corrected chi connectivity index (χ4v) is 3.98. The molecule has 2 heterocycles. The molecule has 0 saturated heterocycles. The minimum atomic E-state index is -3.17. The van der Waals surface area contributed by atoms with Crippen LogP contribution in [-0.2, 0) is 16.3 Å². The van der Waals surface area contributed by atoms with Crippen molar-refractivity contribution in [1.82, 2.24) is 4.98 Å². The van der Waals surface area contributed by atoms with E-state index in [4.69, 9.17) is 5.73 Å². The average molecular weight is 234 g/mol. The smallest absolute Gasteiger partial charge is 0.179 e. The number of pyridine rings is 1. The molecule has 0 unspecified atom stereocenters. The number of anilines is 1. The summed E-state index contributed by atoms with van der Waals surface area (Å²) in [6.45, 7) is 0. The van der Waals surface area contributed by atoms with E-state index in [9.17, 15) is 8.42 Å². The van der Waals surface area contributed by atoms with Gasteiger partial charge in [-0.2, -0.15) is 0 Å². The third-order valence-electron chi connectivity index (χ3n) is 2.92. The van der Waals surface area contributed by atoms with Gasteiger partial charge in [-0.25, -0.2) is 8.42 Å². The Labute approximate surface area is 93.0 Å². The first kappa shape index (κ1) is 9.59. The minimum absolute atomic E-state index is 0.176. The Kier molecular flexibility index (Phi) is 1.77. The van der Waals surface area contributed by atoms with Crippen molar-refractivity contribution in [2.75, 3.05) is 11.5 Å². The van der Waals surface area contributed by atoms with Gasteiger partial charge in [-0.05, 0) is 24.1 Å². The second-order valence-corrected chi connectivity index (χ2v) is 5.96. The maximum atomic E-state index is 11.9. The summed E-state index contributed by atoms with van der Waals surface area (Å²) >= 11 is 0. The molecule has 0 fully saturated rings. The summed E-state index contributed by atoms with van der Waals surface area (Å²) in [5.74, 6) is 0.176. The van der Waals surface area contributed by atoms with E-state index >= 15 is 0 Å². The van der Waals surface area contributed by atoms with Crippen LogP contribution in [0.4, 0.5) is 5.69 Å². The van der Waals surface area contributed by atoms with Crippen molar-refractivity contribution in [3.63, 3.8) is 0 Å². The Morgan fingerprint density at radius 1 is 1.25 bits per heavy atom. The van der Waals surface area contributed by atoms with Crippen molar-refractivity contribution in [1.29, 1.82) is 0 Å². The molecule has 0 amide bonds. The van der Waals surface area contributed by atoms with Crippen molar-refractivity contribution in [2.45, 2.75) is 11.3 Å². The Balaban J connectivity index is 2.58. The fraction of sp³-hybridized carbons (Fsp3) is 0.182. The van der Waals surface area contributed by atoms with Crippen LogP contribution in [0.3, 0.4) is 0 Å². The number of rotatable bonds is 0. The highest BCUT2D eigenvalue weighted by Crippen LogP contribution is 2.35. The van der Waals surface area contributed by atoms with Gasteiger partial charge in [0.15, 0.2) is 9.84 Å². The summed E-state index contributed by atoms with van der Waals surface area (Å²) in [6, 6.07) is 5.29. The van der Waals surface area contributed by atoms with Crippen LogP contribution in [0.1, 0.15) is 5.56 Å². The number of aromatic nitrogens is 1. The topological polar surface area (TPSA) is 73.0 Å². The van der Waals surface area contributed by atoms with E-state index in [0.717, 1.165) is 5.56 Å².